The first-order chi connectivity index (χ1) is 14.0. The first-order valence-corrected chi connectivity index (χ1v) is 10.4. The number of benzene rings is 2. The van der Waals surface area contributed by atoms with Crippen molar-refractivity contribution in [3.05, 3.63) is 80.7 Å². The molecule has 0 bridgehead atoms. The molecule has 0 atom stereocenters. The molecule has 2 aromatic carbocycles. The van der Waals surface area contributed by atoms with Crippen molar-refractivity contribution in [3.63, 3.8) is 0 Å². The van der Waals surface area contributed by atoms with Crippen molar-refractivity contribution in [2.45, 2.75) is 27.7 Å². The van der Waals surface area contributed by atoms with Crippen LogP contribution < -0.4 is 5.56 Å². The molecule has 29 heavy (non-hydrogen) atoms. The fraction of sp³-hybridized carbons (Fsp3) is 0.167. The molecule has 0 amide bonds. The minimum absolute atomic E-state index is 0.0678. The molecule has 1 N–H and O–H groups in total. The minimum atomic E-state index is -0.0678. The molecule has 0 aliphatic rings. The molecule has 144 valence electrons. The number of aromatic amines is 1. The Morgan fingerprint density at radius 2 is 1.76 bits per heavy atom. The van der Waals surface area contributed by atoms with Gasteiger partial charge in [-0.05, 0) is 50.8 Å². The molecule has 3 aromatic heterocycles. The Bertz CT molecular complexity index is 1460. The van der Waals surface area contributed by atoms with Gasteiger partial charge in [0.1, 0.15) is 10.7 Å². The summed E-state index contributed by atoms with van der Waals surface area (Å²) >= 11 is 1.58. The normalized spacial score (nSPS) is 11.6. The first kappa shape index (κ1) is 17.9. The summed E-state index contributed by atoms with van der Waals surface area (Å²) in [4.78, 5) is 22.5. The number of thiophene rings is 1. The summed E-state index contributed by atoms with van der Waals surface area (Å²) < 4.78 is 2.24. The summed E-state index contributed by atoms with van der Waals surface area (Å²) in [5.41, 5.74) is 5.21. The lowest BCUT2D eigenvalue weighted by Crippen LogP contribution is -2.09. The predicted molar refractivity (Wildman–Crippen MR) is 121 cm³/mol. The van der Waals surface area contributed by atoms with Crippen LogP contribution in [0.2, 0.25) is 0 Å². The molecular formula is C24H21N3OS. The van der Waals surface area contributed by atoms with E-state index in [0.29, 0.717) is 11.2 Å². The zero-order valence-corrected chi connectivity index (χ0v) is 17.6. The third kappa shape index (κ3) is 2.65. The van der Waals surface area contributed by atoms with Gasteiger partial charge in [0.05, 0.1) is 11.1 Å². The van der Waals surface area contributed by atoms with Gasteiger partial charge in [0.25, 0.3) is 5.56 Å². The third-order valence-electron chi connectivity index (χ3n) is 5.73. The highest BCUT2D eigenvalue weighted by atomic mass is 32.1. The van der Waals surface area contributed by atoms with E-state index in [1.807, 2.05) is 13.8 Å². The van der Waals surface area contributed by atoms with Gasteiger partial charge in [0, 0.05) is 27.2 Å². The molecule has 0 spiro atoms. The Hall–Kier alpha value is -3.18. The molecule has 0 aliphatic carbocycles. The number of aromatic nitrogens is 3. The first-order valence-electron chi connectivity index (χ1n) is 9.63. The number of nitrogens with one attached hydrogen (secondary N) is 1. The molecule has 3 heterocycles. The second-order valence-electron chi connectivity index (χ2n) is 7.50. The summed E-state index contributed by atoms with van der Waals surface area (Å²) in [5, 5.41) is 3.11. The molecule has 0 aliphatic heterocycles. The highest BCUT2D eigenvalue weighted by Gasteiger charge is 2.18. The highest BCUT2D eigenvalue weighted by Crippen LogP contribution is 2.32. The van der Waals surface area contributed by atoms with Gasteiger partial charge < -0.3 is 9.55 Å². The molecule has 0 saturated heterocycles. The number of aryl methyl sites for hydroxylation is 3. The maximum atomic E-state index is 12.8. The van der Waals surface area contributed by atoms with Crippen LogP contribution in [0.3, 0.4) is 0 Å². The van der Waals surface area contributed by atoms with Crippen LogP contribution in [-0.2, 0) is 0 Å². The molecule has 0 fully saturated rings. The van der Waals surface area contributed by atoms with Gasteiger partial charge in [-0.3, -0.25) is 4.79 Å². The average Bonchev–Trinajstić information content (AvgIpc) is 3.16. The Morgan fingerprint density at radius 3 is 2.59 bits per heavy atom. The number of H-pyrrole nitrogens is 1. The van der Waals surface area contributed by atoms with Crippen molar-refractivity contribution in [2.75, 3.05) is 0 Å². The molecule has 5 aromatic rings. The summed E-state index contributed by atoms with van der Waals surface area (Å²) in [6.07, 6.45) is 0. The maximum absolute atomic E-state index is 12.8. The lowest BCUT2D eigenvalue weighted by Gasteiger charge is -2.13. The Morgan fingerprint density at radius 1 is 1.00 bits per heavy atom. The van der Waals surface area contributed by atoms with Gasteiger partial charge in [0.15, 0.2) is 0 Å². The highest BCUT2D eigenvalue weighted by molar-refractivity contribution is 7.18. The van der Waals surface area contributed by atoms with E-state index in [9.17, 15) is 4.79 Å². The van der Waals surface area contributed by atoms with Crippen molar-refractivity contribution in [2.24, 2.45) is 0 Å². The van der Waals surface area contributed by atoms with E-state index in [4.69, 9.17) is 4.98 Å². The van der Waals surface area contributed by atoms with Crippen LogP contribution in [0.4, 0.5) is 0 Å². The minimum Gasteiger partial charge on any atom is -0.317 e. The zero-order chi connectivity index (χ0) is 20.3. The third-order valence-corrected chi connectivity index (χ3v) is 6.83. The van der Waals surface area contributed by atoms with Crippen molar-refractivity contribution in [3.8, 4) is 17.1 Å². The van der Waals surface area contributed by atoms with Crippen molar-refractivity contribution >= 4 is 32.3 Å². The van der Waals surface area contributed by atoms with Crippen molar-refractivity contribution in [1.29, 1.82) is 0 Å². The number of nitrogens with zero attached hydrogens (tertiary/aromatic N) is 2. The number of fused-ring (bicyclic) bond motifs is 2. The number of hydrogen-bond acceptors (Lipinski definition) is 3. The van der Waals surface area contributed by atoms with Gasteiger partial charge in [-0.25, -0.2) is 4.98 Å². The molecule has 0 unspecified atom stereocenters. The number of rotatable bonds is 2. The molecule has 0 saturated carbocycles. The van der Waals surface area contributed by atoms with Gasteiger partial charge >= 0.3 is 0 Å². The second-order valence-corrected chi connectivity index (χ2v) is 8.70. The van der Waals surface area contributed by atoms with Crippen molar-refractivity contribution < 1.29 is 0 Å². The van der Waals surface area contributed by atoms with Crippen LogP contribution in [0.5, 0.6) is 0 Å². The smallest absolute Gasteiger partial charge is 0.260 e. The lowest BCUT2D eigenvalue weighted by molar-refractivity contribution is 0.973. The second kappa shape index (κ2) is 6.42. The monoisotopic (exact) mass is 399 g/mol. The molecule has 5 rings (SSSR count). The fourth-order valence-corrected chi connectivity index (χ4v) is 5.19. The Kier molecular flexibility index (Phi) is 3.96. The van der Waals surface area contributed by atoms with Gasteiger partial charge in [0.2, 0.25) is 0 Å². The van der Waals surface area contributed by atoms with Crippen molar-refractivity contribution in [1.82, 2.24) is 14.5 Å². The largest absolute Gasteiger partial charge is 0.317 e. The SMILES string of the molecule is Cc1sc2nc(-c3cc(C)n(-c4cccc5ccccc45)c3C)[nH]c(=O)c2c1C. The van der Waals surface area contributed by atoms with Crippen LogP contribution in [0.15, 0.2) is 53.3 Å². The van der Waals surface area contributed by atoms with Crippen LogP contribution >= 0.6 is 11.3 Å². The fourth-order valence-electron chi connectivity index (χ4n) is 4.16. The summed E-state index contributed by atoms with van der Waals surface area (Å²) in [7, 11) is 0. The van der Waals surface area contributed by atoms with E-state index in [-0.39, 0.29) is 5.56 Å². The van der Waals surface area contributed by atoms with Gasteiger partial charge in [-0.2, -0.15) is 0 Å². The van der Waals surface area contributed by atoms with E-state index in [0.717, 1.165) is 37.9 Å². The Labute approximate surface area is 172 Å². The maximum Gasteiger partial charge on any atom is 0.260 e. The topological polar surface area (TPSA) is 50.7 Å². The van der Waals surface area contributed by atoms with Crippen LogP contribution in [0.25, 0.3) is 38.1 Å². The van der Waals surface area contributed by atoms with Crippen LogP contribution in [0.1, 0.15) is 21.8 Å². The standard InChI is InChI=1S/C24H21N3OS/c1-13-12-19(22-25-23(28)21-14(2)16(4)29-24(21)26-22)15(3)27(13)20-11-7-9-17-8-5-6-10-18(17)20/h5-12H,1-4H3,(H,25,26,28). The van der Waals surface area contributed by atoms with E-state index < -0.39 is 0 Å². The van der Waals surface area contributed by atoms with E-state index in [1.54, 1.807) is 11.3 Å². The molecular weight excluding hydrogens is 378 g/mol. The Balaban J connectivity index is 1.76. The zero-order valence-electron chi connectivity index (χ0n) is 16.8. The van der Waals surface area contributed by atoms with E-state index in [2.05, 4.69) is 71.9 Å². The van der Waals surface area contributed by atoms with Crippen LogP contribution in [0, 0.1) is 27.7 Å². The van der Waals surface area contributed by atoms with Crippen LogP contribution in [-0.4, -0.2) is 14.5 Å². The molecule has 4 nitrogen and oxygen atoms in total. The molecule has 5 heteroatoms. The van der Waals surface area contributed by atoms with E-state index >= 15 is 0 Å². The van der Waals surface area contributed by atoms with E-state index in [1.165, 1.54) is 10.8 Å². The molecule has 0 radical (unpaired) electrons. The predicted octanol–water partition coefficient (Wildman–Crippen LogP) is 5.83. The lowest BCUT2D eigenvalue weighted by atomic mass is 10.1. The van der Waals surface area contributed by atoms with Gasteiger partial charge in [-0.1, -0.05) is 36.4 Å². The quantitative estimate of drug-likeness (QED) is 0.406. The summed E-state index contributed by atoms with van der Waals surface area (Å²) in [6, 6.07) is 16.8. The average molecular weight is 400 g/mol. The van der Waals surface area contributed by atoms with Gasteiger partial charge in [-0.15, -0.1) is 11.3 Å². The summed E-state index contributed by atoms with van der Waals surface area (Å²) in [6.45, 7) is 8.19. The summed E-state index contributed by atoms with van der Waals surface area (Å²) in [5.74, 6) is 0.628. The number of hydrogen-bond donors (Lipinski definition) is 1.